The molecule has 0 spiro atoms. The summed E-state index contributed by atoms with van der Waals surface area (Å²) >= 11 is 5.94. The molecule has 5 nitrogen and oxygen atoms in total. The number of phenolic OH excluding ortho intramolecular Hbond substituents is 2. The molecule has 2 amide bonds. The number of carbonyl (C=O) groups excluding carboxylic acids is 2. The molecule has 0 saturated carbocycles. The number of rotatable bonds is 1. The molecule has 2 N–H and O–H groups in total. The van der Waals surface area contributed by atoms with E-state index in [2.05, 4.69) is 0 Å². The van der Waals surface area contributed by atoms with Crippen LogP contribution in [0.3, 0.4) is 0 Å². The Balaban J connectivity index is 2.38. The van der Waals surface area contributed by atoms with Crippen LogP contribution in [0.1, 0.15) is 12.5 Å². The van der Waals surface area contributed by atoms with Gasteiger partial charge in [-0.15, -0.1) is 0 Å². The average molecular weight is 295 g/mol. The van der Waals surface area contributed by atoms with Gasteiger partial charge >= 0.3 is 0 Å². The fourth-order valence-corrected chi connectivity index (χ4v) is 2.87. The number of benzene rings is 1. The number of nitrogens with zero attached hydrogens (tertiary/aromatic N) is 1. The smallest absolute Gasteiger partial charge is 0.273 e. The summed E-state index contributed by atoms with van der Waals surface area (Å²) in [6.45, 7) is 1.26. The van der Waals surface area contributed by atoms with Crippen LogP contribution in [0.5, 0.6) is 11.5 Å². The van der Waals surface area contributed by atoms with Crippen LogP contribution in [-0.2, 0) is 9.59 Å². The summed E-state index contributed by atoms with van der Waals surface area (Å²) in [6, 6.07) is 4.01. The quantitative estimate of drug-likeness (QED) is 0.608. The summed E-state index contributed by atoms with van der Waals surface area (Å²) in [5, 5.41) is 18.8. The van der Waals surface area contributed by atoms with Gasteiger partial charge in [0.1, 0.15) is 11.5 Å². The van der Waals surface area contributed by atoms with Crippen LogP contribution in [0.4, 0.5) is 0 Å². The van der Waals surface area contributed by atoms with E-state index in [1.165, 1.54) is 25.1 Å². The number of aromatic hydroxyl groups is 2. The lowest BCUT2D eigenvalue weighted by molar-refractivity contribution is -0.135. The third-order valence-electron chi connectivity index (χ3n) is 2.41. The molecular weight excluding hydrogens is 286 g/mol. The van der Waals surface area contributed by atoms with Crippen molar-refractivity contribution in [1.29, 1.82) is 0 Å². The average Bonchev–Trinajstić information content (AvgIpc) is 2.58. The molecule has 0 aromatic heterocycles. The molecular formula is C12H9NO4S2. The second-order valence-electron chi connectivity index (χ2n) is 3.78. The lowest BCUT2D eigenvalue weighted by Crippen LogP contribution is -2.32. The zero-order valence-electron chi connectivity index (χ0n) is 9.78. The first kappa shape index (κ1) is 13.6. The molecule has 1 fully saturated rings. The molecule has 7 heteroatoms. The summed E-state index contributed by atoms with van der Waals surface area (Å²) in [7, 11) is 0. The molecule has 1 saturated heterocycles. The highest BCUT2D eigenvalue weighted by Crippen LogP contribution is 2.34. The van der Waals surface area contributed by atoms with Crippen LogP contribution in [0.25, 0.3) is 6.08 Å². The number of hydrogen-bond donors (Lipinski definition) is 2. The van der Waals surface area contributed by atoms with E-state index in [0.29, 0.717) is 5.56 Å². The minimum atomic E-state index is -0.505. The lowest BCUT2D eigenvalue weighted by Gasteiger charge is -2.07. The number of amides is 2. The SMILES string of the molecule is CC(=O)N1C(=O)/C(=C\c2ccc(O)cc2O)SC1=S. The molecule has 98 valence electrons. The molecule has 0 radical (unpaired) electrons. The number of thioether (sulfide) groups is 1. The van der Waals surface area contributed by atoms with Crippen LogP contribution >= 0.6 is 24.0 Å². The molecule has 1 aliphatic rings. The fraction of sp³-hybridized carbons (Fsp3) is 0.0833. The van der Waals surface area contributed by atoms with E-state index in [4.69, 9.17) is 12.2 Å². The van der Waals surface area contributed by atoms with E-state index in [1.807, 2.05) is 0 Å². The molecule has 0 unspecified atom stereocenters. The predicted molar refractivity (Wildman–Crippen MR) is 75.5 cm³/mol. The van der Waals surface area contributed by atoms with Crippen LogP contribution in [0, 0.1) is 0 Å². The van der Waals surface area contributed by atoms with E-state index >= 15 is 0 Å². The highest BCUT2D eigenvalue weighted by Gasteiger charge is 2.34. The van der Waals surface area contributed by atoms with Crippen LogP contribution in [-0.4, -0.2) is 31.2 Å². The molecule has 1 aliphatic heterocycles. The van der Waals surface area contributed by atoms with Crippen molar-refractivity contribution in [2.24, 2.45) is 0 Å². The minimum Gasteiger partial charge on any atom is -0.508 e. The normalized spacial score (nSPS) is 17.3. The highest BCUT2D eigenvalue weighted by atomic mass is 32.2. The van der Waals surface area contributed by atoms with Crippen molar-refractivity contribution in [3.63, 3.8) is 0 Å². The third-order valence-corrected chi connectivity index (χ3v) is 3.71. The van der Waals surface area contributed by atoms with Gasteiger partial charge in [-0.05, 0) is 18.2 Å². The fourth-order valence-electron chi connectivity index (χ4n) is 1.53. The molecule has 19 heavy (non-hydrogen) atoms. The van der Waals surface area contributed by atoms with Gasteiger partial charge in [0.2, 0.25) is 5.91 Å². The van der Waals surface area contributed by atoms with Gasteiger partial charge < -0.3 is 10.2 Å². The topological polar surface area (TPSA) is 77.8 Å². The van der Waals surface area contributed by atoms with Crippen molar-refractivity contribution in [2.45, 2.75) is 6.92 Å². The Morgan fingerprint density at radius 2 is 2.11 bits per heavy atom. The standard InChI is InChI=1S/C12H9NO4S2/c1-6(14)13-11(17)10(19-12(13)18)4-7-2-3-8(15)5-9(7)16/h2-5,15-16H,1H3/b10-4+. The van der Waals surface area contributed by atoms with E-state index < -0.39 is 11.8 Å². The highest BCUT2D eigenvalue weighted by molar-refractivity contribution is 8.26. The predicted octanol–water partition coefficient (Wildman–Crippen LogP) is 1.85. The molecule has 2 rings (SSSR count). The van der Waals surface area contributed by atoms with Crippen molar-refractivity contribution in [1.82, 2.24) is 4.90 Å². The maximum atomic E-state index is 11.9. The second kappa shape index (κ2) is 5.02. The number of phenols is 2. The van der Waals surface area contributed by atoms with Crippen molar-refractivity contribution >= 4 is 46.2 Å². The molecule has 0 bridgehead atoms. The van der Waals surface area contributed by atoms with Gasteiger partial charge in [-0.3, -0.25) is 9.59 Å². The zero-order valence-corrected chi connectivity index (χ0v) is 11.4. The Kier molecular flexibility index (Phi) is 3.59. The Labute approximate surface area is 118 Å². The van der Waals surface area contributed by atoms with E-state index in [9.17, 15) is 19.8 Å². The van der Waals surface area contributed by atoms with Gasteiger partial charge in [0.15, 0.2) is 4.32 Å². The summed E-state index contributed by atoms with van der Waals surface area (Å²) in [5.41, 5.74) is 0.363. The van der Waals surface area contributed by atoms with Crippen LogP contribution < -0.4 is 0 Å². The molecule has 0 aliphatic carbocycles. The summed E-state index contributed by atoms with van der Waals surface area (Å²) in [5.74, 6) is -1.19. The Bertz CT molecular complexity index is 624. The van der Waals surface area contributed by atoms with Crippen molar-refractivity contribution < 1.29 is 19.8 Å². The van der Waals surface area contributed by atoms with Gasteiger partial charge in [0.25, 0.3) is 5.91 Å². The first-order valence-electron chi connectivity index (χ1n) is 5.20. The number of hydrogen-bond acceptors (Lipinski definition) is 6. The Hall–Kier alpha value is -1.86. The Morgan fingerprint density at radius 3 is 2.63 bits per heavy atom. The molecule has 1 aromatic rings. The van der Waals surface area contributed by atoms with Gasteiger partial charge in [0, 0.05) is 18.6 Å². The molecule has 1 aromatic carbocycles. The largest absolute Gasteiger partial charge is 0.508 e. The lowest BCUT2D eigenvalue weighted by atomic mass is 10.1. The van der Waals surface area contributed by atoms with Crippen molar-refractivity contribution in [3.05, 3.63) is 28.7 Å². The first-order chi connectivity index (χ1) is 8.90. The van der Waals surface area contributed by atoms with Crippen LogP contribution in [0.2, 0.25) is 0 Å². The zero-order chi connectivity index (χ0) is 14.2. The summed E-state index contributed by atoms with van der Waals surface area (Å²) in [4.78, 5) is 24.4. The van der Waals surface area contributed by atoms with Crippen LogP contribution in [0.15, 0.2) is 23.1 Å². The molecule has 0 atom stereocenters. The third kappa shape index (κ3) is 2.61. The second-order valence-corrected chi connectivity index (χ2v) is 5.46. The van der Waals surface area contributed by atoms with Gasteiger partial charge in [-0.2, -0.15) is 0 Å². The number of imide groups is 1. The van der Waals surface area contributed by atoms with Gasteiger partial charge in [-0.1, -0.05) is 24.0 Å². The maximum Gasteiger partial charge on any atom is 0.273 e. The molecule has 1 heterocycles. The Morgan fingerprint density at radius 1 is 1.42 bits per heavy atom. The van der Waals surface area contributed by atoms with Gasteiger partial charge in [-0.25, -0.2) is 4.90 Å². The minimum absolute atomic E-state index is 0.0778. The van der Waals surface area contributed by atoms with E-state index in [-0.39, 0.29) is 20.7 Å². The number of carbonyl (C=O) groups is 2. The van der Waals surface area contributed by atoms with E-state index in [1.54, 1.807) is 0 Å². The van der Waals surface area contributed by atoms with Crippen molar-refractivity contribution in [2.75, 3.05) is 0 Å². The van der Waals surface area contributed by atoms with E-state index in [0.717, 1.165) is 22.7 Å². The monoisotopic (exact) mass is 295 g/mol. The first-order valence-corrected chi connectivity index (χ1v) is 6.43. The van der Waals surface area contributed by atoms with Gasteiger partial charge in [0.05, 0.1) is 4.91 Å². The number of thiocarbonyl (C=S) groups is 1. The maximum absolute atomic E-state index is 11.9. The summed E-state index contributed by atoms with van der Waals surface area (Å²) in [6.07, 6.45) is 1.43. The summed E-state index contributed by atoms with van der Waals surface area (Å²) < 4.78 is 0.169. The van der Waals surface area contributed by atoms with Crippen molar-refractivity contribution in [3.8, 4) is 11.5 Å².